The molecule has 100 valence electrons. The lowest BCUT2D eigenvalue weighted by Gasteiger charge is -2.04. The molecule has 0 spiro atoms. The second-order valence-corrected chi connectivity index (χ2v) is 4.38. The molecular formula is C16H14N2O2. The molecule has 0 atom stereocenters. The van der Waals surface area contributed by atoms with Crippen LogP contribution in [0.15, 0.2) is 55.1 Å². The Kier molecular flexibility index (Phi) is 3.21. The van der Waals surface area contributed by atoms with Crippen LogP contribution in [-0.2, 0) is 4.74 Å². The lowest BCUT2D eigenvalue weighted by Crippen LogP contribution is -2.05. The summed E-state index contributed by atoms with van der Waals surface area (Å²) in [4.78, 5) is 16.3. The van der Waals surface area contributed by atoms with E-state index in [2.05, 4.69) is 4.98 Å². The van der Waals surface area contributed by atoms with Crippen molar-refractivity contribution in [3.05, 3.63) is 60.7 Å². The van der Waals surface area contributed by atoms with Crippen LogP contribution in [0.3, 0.4) is 0 Å². The number of carbonyl (C=O) groups excluding carboxylic acids is 1. The summed E-state index contributed by atoms with van der Waals surface area (Å²) in [5.41, 5.74) is 3.23. The molecule has 0 N–H and O–H groups in total. The Hall–Kier alpha value is -2.62. The van der Waals surface area contributed by atoms with Gasteiger partial charge in [-0.25, -0.2) is 9.78 Å². The molecule has 0 bridgehead atoms. The SMILES string of the molecule is CCOC(=O)c1c(-c2ccccc2)cn2cnccc12. The van der Waals surface area contributed by atoms with Gasteiger partial charge in [0.25, 0.3) is 0 Å². The van der Waals surface area contributed by atoms with Gasteiger partial charge < -0.3 is 9.14 Å². The maximum absolute atomic E-state index is 12.3. The summed E-state index contributed by atoms with van der Waals surface area (Å²) < 4.78 is 7.03. The largest absolute Gasteiger partial charge is 0.462 e. The van der Waals surface area contributed by atoms with E-state index in [1.54, 1.807) is 19.4 Å². The van der Waals surface area contributed by atoms with Crippen LogP contribution in [0.2, 0.25) is 0 Å². The van der Waals surface area contributed by atoms with E-state index in [0.717, 1.165) is 16.6 Å². The normalized spacial score (nSPS) is 10.7. The highest BCUT2D eigenvalue weighted by atomic mass is 16.5. The second kappa shape index (κ2) is 5.17. The van der Waals surface area contributed by atoms with Gasteiger partial charge in [0.1, 0.15) is 0 Å². The molecule has 0 saturated heterocycles. The van der Waals surface area contributed by atoms with Crippen molar-refractivity contribution in [1.82, 2.24) is 9.38 Å². The number of nitrogens with zero attached hydrogens (tertiary/aromatic N) is 2. The van der Waals surface area contributed by atoms with E-state index < -0.39 is 0 Å². The standard InChI is InChI=1S/C16H14N2O2/c1-2-20-16(19)15-13(12-6-4-3-5-7-12)10-18-11-17-9-8-14(15)18/h3-11H,2H2,1H3. The molecule has 20 heavy (non-hydrogen) atoms. The van der Waals surface area contributed by atoms with Gasteiger partial charge in [-0.05, 0) is 18.6 Å². The van der Waals surface area contributed by atoms with E-state index >= 15 is 0 Å². The molecule has 0 aliphatic rings. The molecule has 3 aromatic rings. The van der Waals surface area contributed by atoms with Crippen LogP contribution >= 0.6 is 0 Å². The number of carbonyl (C=O) groups is 1. The van der Waals surface area contributed by atoms with E-state index in [4.69, 9.17) is 4.74 Å². The van der Waals surface area contributed by atoms with Crippen molar-refractivity contribution < 1.29 is 9.53 Å². The number of hydrogen-bond acceptors (Lipinski definition) is 3. The van der Waals surface area contributed by atoms with E-state index in [1.807, 2.05) is 47.0 Å². The first-order chi connectivity index (χ1) is 9.81. The number of hydrogen-bond donors (Lipinski definition) is 0. The third kappa shape index (κ3) is 2.05. The van der Waals surface area contributed by atoms with Gasteiger partial charge in [0.2, 0.25) is 0 Å². The van der Waals surface area contributed by atoms with Crippen molar-refractivity contribution >= 4 is 11.5 Å². The zero-order chi connectivity index (χ0) is 13.9. The highest BCUT2D eigenvalue weighted by Gasteiger charge is 2.19. The molecule has 0 fully saturated rings. The molecule has 3 rings (SSSR count). The van der Waals surface area contributed by atoms with Gasteiger partial charge in [-0.3, -0.25) is 0 Å². The Balaban J connectivity index is 2.25. The van der Waals surface area contributed by atoms with Crippen LogP contribution in [0.5, 0.6) is 0 Å². The van der Waals surface area contributed by atoms with Gasteiger partial charge in [0.15, 0.2) is 0 Å². The van der Waals surface area contributed by atoms with Crippen LogP contribution in [0.1, 0.15) is 17.3 Å². The first kappa shape index (κ1) is 12.4. The molecule has 2 aromatic heterocycles. The average Bonchev–Trinajstić information content (AvgIpc) is 2.88. The summed E-state index contributed by atoms with van der Waals surface area (Å²) in [6.07, 6.45) is 5.27. The minimum absolute atomic E-state index is 0.306. The van der Waals surface area contributed by atoms with E-state index in [9.17, 15) is 4.79 Å². The smallest absolute Gasteiger partial charge is 0.340 e. The number of ether oxygens (including phenoxy) is 1. The van der Waals surface area contributed by atoms with Gasteiger partial charge in [0, 0.05) is 18.0 Å². The number of aromatic nitrogens is 2. The summed E-state index contributed by atoms with van der Waals surface area (Å²) in [6, 6.07) is 11.6. The van der Waals surface area contributed by atoms with Crippen LogP contribution in [0, 0.1) is 0 Å². The summed E-state index contributed by atoms with van der Waals surface area (Å²) >= 11 is 0. The summed E-state index contributed by atoms with van der Waals surface area (Å²) in [5.74, 6) is -0.306. The molecule has 4 nitrogen and oxygen atoms in total. The highest BCUT2D eigenvalue weighted by molar-refractivity contribution is 6.04. The van der Waals surface area contributed by atoms with Gasteiger partial charge in [-0.2, -0.15) is 0 Å². The van der Waals surface area contributed by atoms with Gasteiger partial charge in [0.05, 0.1) is 24.0 Å². The van der Waals surface area contributed by atoms with Gasteiger partial charge in [-0.15, -0.1) is 0 Å². The Labute approximate surface area is 116 Å². The van der Waals surface area contributed by atoms with E-state index in [-0.39, 0.29) is 5.97 Å². The first-order valence-corrected chi connectivity index (χ1v) is 6.48. The third-order valence-corrected chi connectivity index (χ3v) is 3.15. The van der Waals surface area contributed by atoms with Crippen molar-refractivity contribution in [2.24, 2.45) is 0 Å². The lowest BCUT2D eigenvalue weighted by atomic mass is 10.0. The highest BCUT2D eigenvalue weighted by Crippen LogP contribution is 2.29. The maximum Gasteiger partial charge on any atom is 0.340 e. The minimum atomic E-state index is -0.306. The number of rotatable bonds is 3. The Morgan fingerprint density at radius 2 is 2.05 bits per heavy atom. The van der Waals surface area contributed by atoms with Crippen LogP contribution in [-0.4, -0.2) is 22.0 Å². The van der Waals surface area contributed by atoms with Gasteiger partial charge in [-0.1, -0.05) is 30.3 Å². The molecule has 0 saturated carbocycles. The summed E-state index contributed by atoms with van der Waals surface area (Å²) in [7, 11) is 0. The number of esters is 1. The quantitative estimate of drug-likeness (QED) is 0.684. The third-order valence-electron chi connectivity index (χ3n) is 3.15. The minimum Gasteiger partial charge on any atom is -0.462 e. The Morgan fingerprint density at radius 1 is 1.25 bits per heavy atom. The predicted octanol–water partition coefficient (Wildman–Crippen LogP) is 3.18. The van der Waals surface area contributed by atoms with Gasteiger partial charge >= 0.3 is 5.97 Å². The lowest BCUT2D eigenvalue weighted by molar-refractivity contribution is 0.0529. The zero-order valence-corrected chi connectivity index (χ0v) is 11.1. The van der Waals surface area contributed by atoms with Crippen molar-refractivity contribution in [2.75, 3.05) is 6.61 Å². The maximum atomic E-state index is 12.3. The topological polar surface area (TPSA) is 43.6 Å². The fourth-order valence-electron chi connectivity index (χ4n) is 2.28. The number of fused-ring (bicyclic) bond motifs is 1. The van der Waals surface area contributed by atoms with Crippen LogP contribution < -0.4 is 0 Å². The fourth-order valence-corrected chi connectivity index (χ4v) is 2.28. The fraction of sp³-hybridized carbons (Fsp3) is 0.125. The molecule has 1 aromatic carbocycles. The molecule has 0 amide bonds. The first-order valence-electron chi connectivity index (χ1n) is 6.48. The molecule has 0 aliphatic carbocycles. The Bertz CT molecular complexity index is 748. The Morgan fingerprint density at radius 3 is 2.80 bits per heavy atom. The predicted molar refractivity (Wildman–Crippen MR) is 76.6 cm³/mol. The molecule has 2 heterocycles. The zero-order valence-electron chi connectivity index (χ0n) is 11.1. The van der Waals surface area contributed by atoms with Crippen molar-refractivity contribution in [3.63, 3.8) is 0 Å². The van der Waals surface area contributed by atoms with E-state index in [0.29, 0.717) is 12.2 Å². The second-order valence-electron chi connectivity index (χ2n) is 4.38. The van der Waals surface area contributed by atoms with Crippen molar-refractivity contribution in [2.45, 2.75) is 6.92 Å². The van der Waals surface area contributed by atoms with Crippen molar-refractivity contribution in [3.8, 4) is 11.1 Å². The van der Waals surface area contributed by atoms with Crippen LogP contribution in [0.25, 0.3) is 16.6 Å². The van der Waals surface area contributed by atoms with Crippen LogP contribution in [0.4, 0.5) is 0 Å². The summed E-state index contributed by atoms with van der Waals surface area (Å²) in [5, 5.41) is 0. The molecule has 0 unspecified atom stereocenters. The monoisotopic (exact) mass is 266 g/mol. The average molecular weight is 266 g/mol. The van der Waals surface area contributed by atoms with Crippen molar-refractivity contribution in [1.29, 1.82) is 0 Å². The van der Waals surface area contributed by atoms with E-state index in [1.165, 1.54) is 0 Å². The summed E-state index contributed by atoms with van der Waals surface area (Å²) in [6.45, 7) is 2.16. The molecule has 4 heteroatoms. The molecular weight excluding hydrogens is 252 g/mol. The molecule has 0 aliphatic heterocycles. The molecule has 0 radical (unpaired) electrons. The number of benzene rings is 1.